The van der Waals surface area contributed by atoms with Crippen LogP contribution in [0.15, 0.2) is 47.0 Å². The van der Waals surface area contributed by atoms with Gasteiger partial charge in [-0.2, -0.15) is 4.98 Å². The quantitative estimate of drug-likeness (QED) is 0.766. The number of benzene rings is 2. The van der Waals surface area contributed by atoms with Gasteiger partial charge in [-0.25, -0.2) is 4.39 Å². The Labute approximate surface area is 143 Å². The Morgan fingerprint density at radius 1 is 1.24 bits per heavy atom. The number of hydrogen-bond donors (Lipinski definition) is 1. The molecule has 0 spiro atoms. The summed E-state index contributed by atoms with van der Waals surface area (Å²) in [6.07, 6.45) is 0. The number of nitrogens with zero attached hydrogens (tertiary/aromatic N) is 2. The summed E-state index contributed by atoms with van der Waals surface area (Å²) >= 11 is 0. The van der Waals surface area contributed by atoms with Crippen molar-refractivity contribution in [1.29, 1.82) is 0 Å². The van der Waals surface area contributed by atoms with E-state index in [1.807, 2.05) is 0 Å². The van der Waals surface area contributed by atoms with Crippen molar-refractivity contribution in [3.05, 3.63) is 71.1 Å². The molecule has 6 nitrogen and oxygen atoms in total. The molecular formula is C18H16FN3O3. The summed E-state index contributed by atoms with van der Waals surface area (Å²) in [7, 11) is 0. The average molecular weight is 341 g/mol. The van der Waals surface area contributed by atoms with E-state index in [0.717, 1.165) is 0 Å². The minimum atomic E-state index is -0.352. The first kappa shape index (κ1) is 16.6. The molecule has 0 aliphatic heterocycles. The lowest BCUT2D eigenvalue weighted by Gasteiger charge is -2.12. The summed E-state index contributed by atoms with van der Waals surface area (Å²) in [6.45, 7) is 3.49. The number of carbonyl (C=O) groups is 1. The molecule has 1 N–H and O–H groups in total. The molecule has 1 amide bonds. The Hall–Kier alpha value is -3.22. The number of nitrogens with one attached hydrogen (secondary N) is 1. The first-order valence-corrected chi connectivity index (χ1v) is 7.61. The third kappa shape index (κ3) is 4.00. The van der Waals surface area contributed by atoms with Crippen LogP contribution >= 0.6 is 0 Å². The van der Waals surface area contributed by atoms with E-state index in [1.54, 1.807) is 38.1 Å². The molecule has 0 fully saturated rings. The van der Waals surface area contributed by atoms with Gasteiger partial charge in [0.15, 0.2) is 6.61 Å². The van der Waals surface area contributed by atoms with Crippen molar-refractivity contribution in [1.82, 2.24) is 10.1 Å². The second-order valence-electron chi connectivity index (χ2n) is 5.43. The first-order valence-electron chi connectivity index (χ1n) is 7.61. The van der Waals surface area contributed by atoms with Crippen molar-refractivity contribution in [2.45, 2.75) is 20.5 Å². The third-order valence-corrected chi connectivity index (χ3v) is 3.49. The van der Waals surface area contributed by atoms with E-state index in [4.69, 9.17) is 9.26 Å². The van der Waals surface area contributed by atoms with E-state index in [0.29, 0.717) is 34.3 Å². The smallest absolute Gasteiger partial charge is 0.259 e. The molecule has 0 bridgehead atoms. The number of halogens is 1. The van der Waals surface area contributed by atoms with Crippen LogP contribution in [0.1, 0.15) is 27.6 Å². The van der Waals surface area contributed by atoms with E-state index in [9.17, 15) is 9.18 Å². The molecule has 2 aromatic carbocycles. The zero-order valence-corrected chi connectivity index (χ0v) is 13.7. The maximum Gasteiger partial charge on any atom is 0.259 e. The number of carbonyl (C=O) groups excluding carboxylic acids is 1. The number of amides is 1. The maximum atomic E-state index is 13.2. The fourth-order valence-corrected chi connectivity index (χ4v) is 2.28. The molecule has 3 rings (SSSR count). The predicted molar refractivity (Wildman–Crippen MR) is 88.9 cm³/mol. The molecule has 0 unspecified atom stereocenters. The van der Waals surface area contributed by atoms with Crippen molar-refractivity contribution < 1.29 is 18.4 Å². The van der Waals surface area contributed by atoms with E-state index in [-0.39, 0.29) is 18.3 Å². The lowest BCUT2D eigenvalue weighted by Crippen LogP contribution is -2.14. The summed E-state index contributed by atoms with van der Waals surface area (Å²) in [5.74, 6) is 0.518. The molecule has 3 aromatic rings. The molecule has 0 atom stereocenters. The Balaban J connectivity index is 1.76. The minimum absolute atomic E-state index is 0.0806. The van der Waals surface area contributed by atoms with Crippen molar-refractivity contribution in [2.75, 3.05) is 5.32 Å². The van der Waals surface area contributed by atoms with Crippen LogP contribution < -0.4 is 10.1 Å². The fraction of sp³-hybridized carbons (Fsp3) is 0.167. The minimum Gasteiger partial charge on any atom is -0.485 e. The van der Waals surface area contributed by atoms with E-state index in [1.165, 1.54) is 18.2 Å². The molecule has 1 heterocycles. The van der Waals surface area contributed by atoms with Gasteiger partial charge in [0.25, 0.3) is 5.91 Å². The van der Waals surface area contributed by atoms with Gasteiger partial charge >= 0.3 is 0 Å². The van der Waals surface area contributed by atoms with Gasteiger partial charge < -0.3 is 14.6 Å². The molecule has 0 saturated carbocycles. The van der Waals surface area contributed by atoms with Crippen molar-refractivity contribution in [3.63, 3.8) is 0 Å². The van der Waals surface area contributed by atoms with Gasteiger partial charge in [-0.05, 0) is 42.8 Å². The molecule has 0 aliphatic rings. The number of anilines is 1. The molecule has 1 aromatic heterocycles. The zero-order chi connectivity index (χ0) is 17.8. The maximum absolute atomic E-state index is 13.2. The first-order chi connectivity index (χ1) is 12.0. The normalized spacial score (nSPS) is 10.5. The topological polar surface area (TPSA) is 77.2 Å². The van der Waals surface area contributed by atoms with Gasteiger partial charge in [0, 0.05) is 12.6 Å². The van der Waals surface area contributed by atoms with Gasteiger partial charge in [-0.15, -0.1) is 0 Å². The standard InChI is InChI=1S/C18H16FN3O3/c1-11-9-13(19)7-8-15(11)21-18(23)14-5-3-4-6-16(14)24-10-17-20-12(2)25-22-17/h3-9H,10H2,1-2H3,(H,21,23). The van der Waals surface area contributed by atoms with Gasteiger partial charge in [0.05, 0.1) is 5.56 Å². The van der Waals surface area contributed by atoms with Crippen LogP contribution in [0.3, 0.4) is 0 Å². The lowest BCUT2D eigenvalue weighted by molar-refractivity contribution is 0.102. The molecule has 25 heavy (non-hydrogen) atoms. The van der Waals surface area contributed by atoms with Gasteiger partial charge in [-0.1, -0.05) is 17.3 Å². The summed E-state index contributed by atoms with van der Waals surface area (Å²) < 4.78 is 23.7. The van der Waals surface area contributed by atoms with Crippen LogP contribution in [0.2, 0.25) is 0 Å². The van der Waals surface area contributed by atoms with Crippen LogP contribution in [0, 0.1) is 19.7 Å². The highest BCUT2D eigenvalue weighted by atomic mass is 19.1. The Morgan fingerprint density at radius 3 is 2.76 bits per heavy atom. The number of rotatable bonds is 5. The number of aromatic nitrogens is 2. The molecule has 0 radical (unpaired) electrons. The molecule has 0 aliphatic carbocycles. The van der Waals surface area contributed by atoms with Crippen LogP contribution in [0.5, 0.6) is 5.75 Å². The lowest BCUT2D eigenvalue weighted by atomic mass is 10.1. The second-order valence-corrected chi connectivity index (χ2v) is 5.43. The average Bonchev–Trinajstić information content (AvgIpc) is 3.01. The Kier molecular flexibility index (Phi) is 4.74. The number of ether oxygens (including phenoxy) is 1. The molecule has 128 valence electrons. The summed E-state index contributed by atoms with van der Waals surface area (Å²) in [5.41, 5.74) is 1.52. The van der Waals surface area contributed by atoms with E-state index >= 15 is 0 Å². The highest BCUT2D eigenvalue weighted by Crippen LogP contribution is 2.22. The molecular weight excluding hydrogens is 325 g/mol. The van der Waals surface area contributed by atoms with Gasteiger partial charge in [0.1, 0.15) is 11.6 Å². The highest BCUT2D eigenvalue weighted by Gasteiger charge is 2.14. The number of aryl methyl sites for hydroxylation is 2. The van der Waals surface area contributed by atoms with Crippen molar-refractivity contribution in [2.24, 2.45) is 0 Å². The van der Waals surface area contributed by atoms with Crippen molar-refractivity contribution in [3.8, 4) is 5.75 Å². The van der Waals surface area contributed by atoms with Crippen LogP contribution in [-0.2, 0) is 6.61 Å². The van der Waals surface area contributed by atoms with Crippen LogP contribution in [-0.4, -0.2) is 16.0 Å². The summed E-state index contributed by atoms with van der Waals surface area (Å²) in [6, 6.07) is 11.0. The Bertz CT molecular complexity index is 908. The molecule has 7 heteroatoms. The van der Waals surface area contributed by atoms with Gasteiger partial charge in [0.2, 0.25) is 11.7 Å². The Morgan fingerprint density at radius 2 is 2.04 bits per heavy atom. The summed E-state index contributed by atoms with van der Waals surface area (Å²) in [5, 5.41) is 6.51. The largest absolute Gasteiger partial charge is 0.485 e. The van der Waals surface area contributed by atoms with Gasteiger partial charge in [-0.3, -0.25) is 4.79 Å². The van der Waals surface area contributed by atoms with Crippen molar-refractivity contribution >= 4 is 11.6 Å². The SMILES string of the molecule is Cc1nc(COc2ccccc2C(=O)Nc2ccc(F)cc2C)no1. The second kappa shape index (κ2) is 7.12. The molecule has 0 saturated heterocycles. The number of hydrogen-bond acceptors (Lipinski definition) is 5. The third-order valence-electron chi connectivity index (χ3n) is 3.49. The van der Waals surface area contributed by atoms with E-state index in [2.05, 4.69) is 15.5 Å². The monoisotopic (exact) mass is 341 g/mol. The summed E-state index contributed by atoms with van der Waals surface area (Å²) in [4.78, 5) is 16.6. The van der Waals surface area contributed by atoms with Crippen LogP contribution in [0.25, 0.3) is 0 Å². The van der Waals surface area contributed by atoms with Crippen LogP contribution in [0.4, 0.5) is 10.1 Å². The fourth-order valence-electron chi connectivity index (χ4n) is 2.28. The zero-order valence-electron chi connectivity index (χ0n) is 13.7. The highest BCUT2D eigenvalue weighted by molar-refractivity contribution is 6.06. The predicted octanol–water partition coefficient (Wildman–Crippen LogP) is 3.66. The van der Waals surface area contributed by atoms with E-state index < -0.39 is 0 Å². The number of para-hydroxylation sites is 1.